The number of benzene rings is 3. The van der Waals surface area contributed by atoms with E-state index in [0.717, 1.165) is 26.7 Å². The van der Waals surface area contributed by atoms with E-state index in [0.29, 0.717) is 13.0 Å². The van der Waals surface area contributed by atoms with Crippen LogP contribution in [0.15, 0.2) is 83.3 Å². The summed E-state index contributed by atoms with van der Waals surface area (Å²) in [5, 5.41) is 3.10. The van der Waals surface area contributed by atoms with Crippen LogP contribution < -0.4 is 5.32 Å². The first-order valence-electron chi connectivity index (χ1n) is 11.6. The largest absolute Gasteiger partial charge is 0.350 e. The molecule has 0 aliphatic carbocycles. The minimum atomic E-state index is -0.636. The number of nitrogens with one attached hydrogen (secondary N) is 1. The molecule has 1 N–H and O–H groups in total. The van der Waals surface area contributed by atoms with E-state index in [9.17, 15) is 9.59 Å². The Bertz CT molecular complexity index is 1100. The molecular formula is C29H33BrN2O2. The van der Waals surface area contributed by atoms with Crippen LogP contribution in [0.2, 0.25) is 0 Å². The molecule has 0 unspecified atom stereocenters. The molecule has 3 rings (SSSR count). The number of rotatable bonds is 8. The molecule has 1 atom stereocenters. The van der Waals surface area contributed by atoms with Gasteiger partial charge in [-0.3, -0.25) is 9.59 Å². The van der Waals surface area contributed by atoms with Gasteiger partial charge in [0.05, 0.1) is 6.42 Å². The highest BCUT2D eigenvalue weighted by molar-refractivity contribution is 9.10. The average Bonchev–Trinajstić information content (AvgIpc) is 2.77. The van der Waals surface area contributed by atoms with Gasteiger partial charge in [0, 0.05) is 23.0 Å². The van der Waals surface area contributed by atoms with Gasteiger partial charge >= 0.3 is 0 Å². The first kappa shape index (κ1) is 25.7. The SMILES string of the molecule is Cc1cccc(CC(=O)N(Cc2ccc(Br)cc2)[C@@H](Cc2ccccc2)C(=O)NC(C)(C)C)c1. The number of aryl methyl sites for hydroxylation is 1. The normalized spacial score (nSPS) is 12.1. The van der Waals surface area contributed by atoms with Crippen molar-refractivity contribution in [3.63, 3.8) is 0 Å². The molecule has 34 heavy (non-hydrogen) atoms. The second kappa shape index (κ2) is 11.5. The van der Waals surface area contributed by atoms with E-state index in [1.807, 2.05) is 107 Å². The predicted molar refractivity (Wildman–Crippen MR) is 141 cm³/mol. The van der Waals surface area contributed by atoms with E-state index in [2.05, 4.69) is 21.2 Å². The highest BCUT2D eigenvalue weighted by atomic mass is 79.9. The average molecular weight is 521 g/mol. The van der Waals surface area contributed by atoms with Crippen molar-refractivity contribution in [2.75, 3.05) is 0 Å². The number of hydrogen-bond acceptors (Lipinski definition) is 2. The van der Waals surface area contributed by atoms with Crippen LogP contribution >= 0.6 is 15.9 Å². The first-order chi connectivity index (χ1) is 16.1. The standard InChI is InChI=1S/C29H33BrN2O2/c1-21-9-8-12-24(17-21)19-27(33)32(20-23-13-15-25(30)16-14-23)26(28(34)31-29(2,3)4)18-22-10-6-5-7-11-22/h5-17,26H,18-20H2,1-4H3,(H,31,34)/t26-/m0/s1. The molecule has 2 amide bonds. The Labute approximate surface area is 211 Å². The van der Waals surface area contributed by atoms with Gasteiger partial charge in [0.25, 0.3) is 0 Å². The van der Waals surface area contributed by atoms with Crippen LogP contribution in [0.25, 0.3) is 0 Å². The van der Waals surface area contributed by atoms with Crippen molar-refractivity contribution in [1.29, 1.82) is 0 Å². The number of hydrogen-bond donors (Lipinski definition) is 1. The van der Waals surface area contributed by atoms with Crippen LogP contribution in [-0.4, -0.2) is 28.3 Å². The lowest BCUT2D eigenvalue weighted by molar-refractivity contribution is -0.141. The number of carbonyl (C=O) groups excluding carboxylic acids is 2. The van der Waals surface area contributed by atoms with Crippen molar-refractivity contribution in [3.8, 4) is 0 Å². The Hall–Kier alpha value is -2.92. The summed E-state index contributed by atoms with van der Waals surface area (Å²) in [7, 11) is 0. The zero-order valence-corrected chi connectivity index (χ0v) is 21.9. The van der Waals surface area contributed by atoms with Gasteiger partial charge in [-0.25, -0.2) is 0 Å². The van der Waals surface area contributed by atoms with Crippen molar-refractivity contribution in [3.05, 3.63) is 106 Å². The number of nitrogens with zero attached hydrogens (tertiary/aromatic N) is 1. The summed E-state index contributed by atoms with van der Waals surface area (Å²) in [6.07, 6.45) is 0.686. The molecule has 178 valence electrons. The zero-order valence-electron chi connectivity index (χ0n) is 20.3. The Morgan fingerprint density at radius 1 is 0.882 bits per heavy atom. The maximum atomic E-state index is 13.7. The monoisotopic (exact) mass is 520 g/mol. The van der Waals surface area contributed by atoms with Crippen LogP contribution in [-0.2, 0) is 29.0 Å². The molecule has 0 radical (unpaired) electrons. The molecule has 0 saturated carbocycles. The molecule has 0 bridgehead atoms. The van der Waals surface area contributed by atoms with Crippen molar-refractivity contribution < 1.29 is 9.59 Å². The molecule has 0 saturated heterocycles. The first-order valence-corrected chi connectivity index (χ1v) is 12.4. The van der Waals surface area contributed by atoms with Crippen molar-refractivity contribution in [2.45, 2.75) is 58.7 Å². The fourth-order valence-corrected chi connectivity index (χ4v) is 4.16. The smallest absolute Gasteiger partial charge is 0.243 e. The lowest BCUT2D eigenvalue weighted by Gasteiger charge is -2.34. The summed E-state index contributed by atoms with van der Waals surface area (Å²) in [5.74, 6) is -0.218. The van der Waals surface area contributed by atoms with Crippen molar-refractivity contribution in [1.82, 2.24) is 10.2 Å². The second-order valence-corrected chi connectivity index (χ2v) is 10.7. The Morgan fingerprint density at radius 2 is 1.53 bits per heavy atom. The molecule has 4 nitrogen and oxygen atoms in total. The zero-order chi connectivity index (χ0) is 24.7. The summed E-state index contributed by atoms with van der Waals surface area (Å²) in [4.78, 5) is 29.0. The molecule has 3 aromatic carbocycles. The Balaban J connectivity index is 1.98. The maximum Gasteiger partial charge on any atom is 0.243 e. The van der Waals surface area contributed by atoms with E-state index in [-0.39, 0.29) is 18.2 Å². The molecule has 0 heterocycles. The third-order valence-electron chi connectivity index (χ3n) is 5.47. The van der Waals surface area contributed by atoms with Gasteiger partial charge in [0.15, 0.2) is 0 Å². The number of carbonyl (C=O) groups is 2. The number of halogens is 1. The molecule has 0 fully saturated rings. The summed E-state index contributed by atoms with van der Waals surface area (Å²) in [6, 6.07) is 25.1. The van der Waals surface area contributed by atoms with Gasteiger partial charge in [-0.05, 0) is 56.5 Å². The highest BCUT2D eigenvalue weighted by Crippen LogP contribution is 2.19. The van der Waals surface area contributed by atoms with Crippen LogP contribution in [0.3, 0.4) is 0 Å². The predicted octanol–water partition coefficient (Wildman–Crippen LogP) is 5.85. The van der Waals surface area contributed by atoms with Gasteiger partial charge in [0.1, 0.15) is 6.04 Å². The lowest BCUT2D eigenvalue weighted by atomic mass is 9.99. The second-order valence-electron chi connectivity index (χ2n) is 9.76. The van der Waals surface area contributed by atoms with E-state index < -0.39 is 11.6 Å². The van der Waals surface area contributed by atoms with Crippen molar-refractivity contribution in [2.24, 2.45) is 0 Å². The maximum absolute atomic E-state index is 13.7. The summed E-state index contributed by atoms with van der Waals surface area (Å²) >= 11 is 3.48. The van der Waals surface area contributed by atoms with Crippen LogP contribution in [0, 0.1) is 6.92 Å². The van der Waals surface area contributed by atoms with Gasteiger partial charge < -0.3 is 10.2 Å². The third kappa shape index (κ3) is 7.84. The lowest BCUT2D eigenvalue weighted by Crippen LogP contribution is -2.54. The third-order valence-corrected chi connectivity index (χ3v) is 6.00. The minimum absolute atomic E-state index is 0.0708. The summed E-state index contributed by atoms with van der Waals surface area (Å²) in [6.45, 7) is 8.24. The topological polar surface area (TPSA) is 49.4 Å². The Kier molecular flexibility index (Phi) is 8.67. The van der Waals surface area contributed by atoms with E-state index >= 15 is 0 Å². The molecule has 5 heteroatoms. The van der Waals surface area contributed by atoms with E-state index in [1.165, 1.54) is 0 Å². The van der Waals surface area contributed by atoms with Crippen LogP contribution in [0.4, 0.5) is 0 Å². The van der Waals surface area contributed by atoms with E-state index in [1.54, 1.807) is 4.90 Å². The minimum Gasteiger partial charge on any atom is -0.350 e. The van der Waals surface area contributed by atoms with Gasteiger partial charge in [0.2, 0.25) is 11.8 Å². The molecule has 0 spiro atoms. The summed E-state index contributed by atoms with van der Waals surface area (Å²) < 4.78 is 0.972. The van der Waals surface area contributed by atoms with Gasteiger partial charge in [-0.2, -0.15) is 0 Å². The fraction of sp³-hybridized carbons (Fsp3) is 0.310. The van der Waals surface area contributed by atoms with Crippen molar-refractivity contribution >= 4 is 27.7 Å². The van der Waals surface area contributed by atoms with Gasteiger partial charge in [-0.1, -0.05) is 88.2 Å². The van der Waals surface area contributed by atoms with Crippen LogP contribution in [0.5, 0.6) is 0 Å². The van der Waals surface area contributed by atoms with E-state index in [4.69, 9.17) is 0 Å². The van der Waals surface area contributed by atoms with Gasteiger partial charge in [-0.15, -0.1) is 0 Å². The molecule has 0 aromatic heterocycles. The Morgan fingerprint density at radius 3 is 2.15 bits per heavy atom. The molecule has 3 aromatic rings. The number of amides is 2. The molecule has 0 aliphatic rings. The molecule has 0 aliphatic heterocycles. The highest BCUT2D eigenvalue weighted by Gasteiger charge is 2.32. The quantitative estimate of drug-likeness (QED) is 0.404. The van der Waals surface area contributed by atoms with Crippen LogP contribution in [0.1, 0.15) is 43.0 Å². The fourth-order valence-electron chi connectivity index (χ4n) is 3.89. The molecular weight excluding hydrogens is 488 g/mol. The summed E-state index contributed by atoms with van der Waals surface area (Å²) in [5.41, 5.74) is 3.63.